The SMILES string of the molecule is CCCCCC[C@H](C)[C@H](CN[C@H](O)[C@]1(O)[C@H](Oc2ccc3c(c2)OC(C(N)=O)C(c2ccc(O)cc2)=C3O)O[C@H](C(=O)O)[C@@H](O)[C@@H]1O)CC1=CCN=C1. The van der Waals surface area contributed by atoms with Crippen LogP contribution in [0.3, 0.4) is 0 Å². The first-order valence-electron chi connectivity index (χ1n) is 17.8. The average molecular weight is 740 g/mol. The third-order valence-electron chi connectivity index (χ3n) is 10.2. The Morgan fingerprint density at radius 3 is 2.49 bits per heavy atom. The van der Waals surface area contributed by atoms with E-state index in [-0.39, 0.29) is 52.5 Å². The molecule has 1 saturated heterocycles. The first kappa shape index (κ1) is 39.7. The van der Waals surface area contributed by atoms with Crippen LogP contribution in [0.15, 0.2) is 59.1 Å². The third kappa shape index (κ3) is 8.67. The van der Waals surface area contributed by atoms with Crippen molar-refractivity contribution >= 4 is 29.4 Å². The number of carbonyl (C=O) groups is 2. The highest BCUT2D eigenvalue weighted by molar-refractivity contribution is 6.03. The number of hydrogen-bond acceptors (Lipinski definition) is 13. The lowest BCUT2D eigenvalue weighted by Crippen LogP contribution is -2.75. The van der Waals surface area contributed by atoms with Crippen LogP contribution in [-0.4, -0.2) is 109 Å². The summed E-state index contributed by atoms with van der Waals surface area (Å²) in [6, 6.07) is 9.57. The van der Waals surface area contributed by atoms with Gasteiger partial charge < -0.3 is 55.7 Å². The summed E-state index contributed by atoms with van der Waals surface area (Å²) < 4.78 is 17.3. The molecule has 53 heavy (non-hydrogen) atoms. The molecule has 2 aromatic rings. The molecule has 3 aliphatic heterocycles. The highest BCUT2D eigenvalue weighted by atomic mass is 16.7. The van der Waals surface area contributed by atoms with Crippen molar-refractivity contribution in [1.29, 1.82) is 0 Å². The van der Waals surface area contributed by atoms with Crippen LogP contribution in [0.2, 0.25) is 0 Å². The maximum absolute atomic E-state index is 12.5. The van der Waals surface area contributed by atoms with E-state index in [1.807, 2.05) is 12.3 Å². The van der Waals surface area contributed by atoms with Crippen LogP contribution >= 0.6 is 0 Å². The van der Waals surface area contributed by atoms with Gasteiger partial charge in [-0.15, -0.1) is 0 Å². The van der Waals surface area contributed by atoms with Gasteiger partial charge in [0.15, 0.2) is 11.7 Å². The van der Waals surface area contributed by atoms with Crippen molar-refractivity contribution in [2.45, 2.75) is 94.9 Å². The molecule has 1 amide bonds. The fourth-order valence-electron chi connectivity index (χ4n) is 6.96. The molecule has 0 aromatic heterocycles. The number of rotatable bonds is 17. The van der Waals surface area contributed by atoms with E-state index >= 15 is 0 Å². The lowest BCUT2D eigenvalue weighted by Gasteiger charge is -2.48. The number of amides is 1. The standard InChI is InChI=1S/C38H49N3O12/c1-3-4-5-6-7-20(2)23(16-21-14-15-40-18-21)19-41-36(49)38(50)33(45)30(44)32(35(47)48)53-37(38)51-25-12-13-26-27(17-25)52-31(34(39)46)28(29(26)43)22-8-10-24(42)11-9-22/h8-14,17-18,20,23,30-33,36-37,41-45,49-50H,3-7,15-16,19H2,1-2H3,(H2,39,46)(H,47,48)/t20-,23-,30+,31?,32-,33-,36+,37+,38-/m0/s1. The number of phenolic OH excluding ortho intramolecular Hbond substituents is 1. The number of unbranched alkanes of at least 4 members (excludes halogenated alkanes) is 3. The Morgan fingerprint density at radius 2 is 1.85 bits per heavy atom. The van der Waals surface area contributed by atoms with Gasteiger partial charge >= 0.3 is 5.97 Å². The molecule has 288 valence electrons. The van der Waals surface area contributed by atoms with E-state index < -0.39 is 54.4 Å². The first-order chi connectivity index (χ1) is 25.3. The van der Waals surface area contributed by atoms with Gasteiger partial charge in [0.2, 0.25) is 12.4 Å². The molecule has 15 nitrogen and oxygen atoms in total. The van der Waals surface area contributed by atoms with E-state index in [2.05, 4.69) is 24.2 Å². The molecule has 9 atom stereocenters. The maximum Gasteiger partial charge on any atom is 0.335 e. The number of primary amides is 1. The summed E-state index contributed by atoms with van der Waals surface area (Å²) in [4.78, 5) is 28.8. The van der Waals surface area contributed by atoms with Crippen LogP contribution < -0.4 is 20.5 Å². The van der Waals surface area contributed by atoms with Gasteiger partial charge in [0.25, 0.3) is 5.91 Å². The minimum atomic E-state index is -2.82. The highest BCUT2D eigenvalue weighted by Crippen LogP contribution is 2.42. The van der Waals surface area contributed by atoms with E-state index in [4.69, 9.17) is 19.9 Å². The molecule has 1 fully saturated rings. The molecular weight excluding hydrogens is 690 g/mol. The van der Waals surface area contributed by atoms with E-state index in [0.29, 0.717) is 18.5 Å². The summed E-state index contributed by atoms with van der Waals surface area (Å²) >= 11 is 0. The van der Waals surface area contributed by atoms with Gasteiger partial charge in [0.05, 0.1) is 17.7 Å². The number of hydrogen-bond donors (Lipinski definition) is 9. The number of aromatic hydroxyl groups is 1. The lowest BCUT2D eigenvalue weighted by atomic mass is 9.82. The largest absolute Gasteiger partial charge is 0.508 e. The monoisotopic (exact) mass is 739 g/mol. The maximum atomic E-state index is 12.5. The first-order valence-corrected chi connectivity index (χ1v) is 17.8. The minimum absolute atomic E-state index is 0.0356. The highest BCUT2D eigenvalue weighted by Gasteiger charge is 2.62. The Kier molecular flexibility index (Phi) is 12.8. The molecule has 10 N–H and O–H groups in total. The molecule has 2 aromatic carbocycles. The van der Waals surface area contributed by atoms with Crippen LogP contribution in [0.25, 0.3) is 11.3 Å². The topological polar surface area (TPSA) is 254 Å². The van der Waals surface area contributed by atoms with Gasteiger partial charge in [-0.2, -0.15) is 0 Å². The van der Waals surface area contributed by atoms with Gasteiger partial charge in [0, 0.05) is 18.8 Å². The van der Waals surface area contributed by atoms with Gasteiger partial charge in [-0.3, -0.25) is 15.1 Å². The van der Waals surface area contributed by atoms with Gasteiger partial charge in [-0.25, -0.2) is 4.79 Å². The molecule has 0 saturated carbocycles. The smallest absolute Gasteiger partial charge is 0.335 e. The predicted octanol–water partition coefficient (Wildman–Crippen LogP) is 2.24. The van der Waals surface area contributed by atoms with Gasteiger partial charge in [0.1, 0.15) is 41.4 Å². The molecule has 0 radical (unpaired) electrons. The van der Waals surface area contributed by atoms with Crippen LogP contribution in [0.5, 0.6) is 17.2 Å². The van der Waals surface area contributed by atoms with Crippen LogP contribution in [0.1, 0.15) is 63.5 Å². The number of aliphatic hydroxyl groups is 5. The molecule has 5 rings (SSSR count). The van der Waals surface area contributed by atoms with Crippen LogP contribution in [0.4, 0.5) is 0 Å². The number of benzene rings is 2. The summed E-state index contributed by atoms with van der Waals surface area (Å²) in [5, 5.41) is 79.0. The number of ether oxygens (including phenoxy) is 3. The number of fused-ring (bicyclic) bond motifs is 1. The number of nitrogens with one attached hydrogen (secondary N) is 1. The Bertz CT molecular complexity index is 1710. The normalized spacial score (nSPS) is 27.0. The summed E-state index contributed by atoms with van der Waals surface area (Å²) in [7, 11) is 0. The van der Waals surface area contributed by atoms with Crippen molar-refractivity contribution in [2.75, 3.05) is 13.1 Å². The third-order valence-corrected chi connectivity index (χ3v) is 10.2. The van der Waals surface area contributed by atoms with Crippen molar-refractivity contribution in [3.05, 3.63) is 65.2 Å². The van der Waals surface area contributed by atoms with E-state index in [1.54, 1.807) is 0 Å². The van der Waals surface area contributed by atoms with Crippen LogP contribution in [-0.2, 0) is 14.3 Å². The molecule has 3 aliphatic rings. The summed E-state index contributed by atoms with van der Waals surface area (Å²) in [6.07, 6.45) is -2.32. The molecule has 1 unspecified atom stereocenters. The second kappa shape index (κ2) is 17.1. The summed E-state index contributed by atoms with van der Waals surface area (Å²) in [5.41, 5.74) is 4.36. The molecule has 0 spiro atoms. The number of nitrogens with zero attached hydrogens (tertiary/aromatic N) is 1. The Hall–Kier alpha value is -4.51. The molecule has 15 heteroatoms. The van der Waals surface area contributed by atoms with Gasteiger partial charge in [-0.05, 0) is 53.7 Å². The molecular formula is C38H49N3O12. The van der Waals surface area contributed by atoms with Crippen molar-refractivity contribution in [3.63, 3.8) is 0 Å². The zero-order valence-corrected chi connectivity index (χ0v) is 29.7. The molecule has 3 heterocycles. The quantitative estimate of drug-likeness (QED) is 0.0835. The van der Waals surface area contributed by atoms with E-state index in [1.165, 1.54) is 42.5 Å². The Labute approximate surface area is 307 Å². The zero-order chi connectivity index (χ0) is 38.4. The number of nitrogens with two attached hydrogens (primary N) is 1. The number of allylic oxidation sites excluding steroid dienone is 1. The van der Waals surface area contributed by atoms with Crippen molar-refractivity contribution in [1.82, 2.24) is 5.32 Å². The Balaban J connectivity index is 1.41. The second-order valence-electron chi connectivity index (χ2n) is 13.9. The minimum Gasteiger partial charge on any atom is -0.508 e. The molecule has 0 aliphatic carbocycles. The van der Waals surface area contributed by atoms with Crippen molar-refractivity contribution < 1.29 is 59.5 Å². The predicted molar refractivity (Wildman–Crippen MR) is 193 cm³/mol. The number of carbonyl (C=O) groups excluding carboxylic acids is 1. The number of carboxylic acid groups (broad SMARTS) is 1. The summed E-state index contributed by atoms with van der Waals surface area (Å²) in [6.45, 7) is 5.00. The lowest BCUT2D eigenvalue weighted by molar-refractivity contribution is -0.338. The van der Waals surface area contributed by atoms with Crippen molar-refractivity contribution in [2.24, 2.45) is 22.6 Å². The van der Waals surface area contributed by atoms with Crippen LogP contribution in [0, 0.1) is 11.8 Å². The average Bonchev–Trinajstić information content (AvgIpc) is 3.65. The van der Waals surface area contributed by atoms with Crippen molar-refractivity contribution in [3.8, 4) is 17.2 Å². The van der Waals surface area contributed by atoms with E-state index in [0.717, 1.165) is 37.7 Å². The molecule has 0 bridgehead atoms. The number of aliphatic carboxylic acids is 1. The number of carboxylic acids is 1. The van der Waals surface area contributed by atoms with Gasteiger partial charge in [-0.1, -0.05) is 64.2 Å². The number of aliphatic imine (C=N–C) groups is 1. The number of phenols is 1. The fraction of sp³-hybridized carbons (Fsp3) is 0.500. The number of aliphatic hydroxyl groups excluding tert-OH is 4. The Morgan fingerprint density at radius 1 is 1.11 bits per heavy atom. The summed E-state index contributed by atoms with van der Waals surface area (Å²) in [5.74, 6) is -3.07. The second-order valence-corrected chi connectivity index (χ2v) is 13.9. The fourth-order valence-corrected chi connectivity index (χ4v) is 6.96. The van der Waals surface area contributed by atoms with E-state index in [9.17, 15) is 45.3 Å². The zero-order valence-electron chi connectivity index (χ0n) is 29.7.